The maximum absolute atomic E-state index is 3.20. The van der Waals surface area contributed by atoms with E-state index in [4.69, 9.17) is 0 Å². The first-order chi connectivity index (χ1) is 4.77. The summed E-state index contributed by atoms with van der Waals surface area (Å²) < 4.78 is 0. The normalized spacial score (nSPS) is 11.2. The van der Waals surface area contributed by atoms with Gasteiger partial charge in [0.2, 0.25) is 0 Å². The summed E-state index contributed by atoms with van der Waals surface area (Å²) in [6.45, 7) is 4.25. The van der Waals surface area contributed by atoms with Crippen LogP contribution in [-0.4, -0.2) is 32.1 Å². The summed E-state index contributed by atoms with van der Waals surface area (Å²) in [6, 6.07) is 0. The Labute approximate surface area is 63.9 Å². The smallest absolute Gasteiger partial charge is 0.0268 e. The summed E-state index contributed by atoms with van der Waals surface area (Å²) in [4.78, 5) is 2.16. The molecule has 0 heterocycles. The first-order valence-corrected chi connectivity index (χ1v) is 3.80. The van der Waals surface area contributed by atoms with Crippen molar-refractivity contribution in [3.63, 3.8) is 0 Å². The maximum atomic E-state index is 3.20. The van der Waals surface area contributed by atoms with E-state index in [9.17, 15) is 0 Å². The first kappa shape index (κ1) is 9.50. The SMILES string of the molecule is CC/C=C\NCCN(C)C. The van der Waals surface area contributed by atoms with E-state index in [2.05, 4.69) is 37.3 Å². The van der Waals surface area contributed by atoms with E-state index in [0.717, 1.165) is 19.5 Å². The Kier molecular flexibility index (Phi) is 6.29. The molecule has 0 radical (unpaired) electrons. The van der Waals surface area contributed by atoms with Crippen molar-refractivity contribution in [1.82, 2.24) is 10.2 Å². The molecule has 2 heteroatoms. The van der Waals surface area contributed by atoms with Gasteiger partial charge in [-0.05, 0) is 26.7 Å². The molecule has 0 saturated carbocycles. The van der Waals surface area contributed by atoms with Gasteiger partial charge in [0, 0.05) is 13.1 Å². The lowest BCUT2D eigenvalue weighted by atomic mass is 10.5. The van der Waals surface area contributed by atoms with E-state index in [1.807, 2.05) is 6.20 Å². The molecule has 60 valence electrons. The largest absolute Gasteiger partial charge is 0.390 e. The predicted octanol–water partition coefficient (Wildman–Crippen LogP) is 1.06. The molecule has 0 fully saturated rings. The Hall–Kier alpha value is -0.500. The lowest BCUT2D eigenvalue weighted by Crippen LogP contribution is -2.23. The molecule has 0 saturated heterocycles. The van der Waals surface area contributed by atoms with Crippen molar-refractivity contribution in [1.29, 1.82) is 0 Å². The minimum atomic E-state index is 1.03. The number of nitrogens with one attached hydrogen (secondary N) is 1. The van der Waals surface area contributed by atoms with Crippen molar-refractivity contribution in [2.24, 2.45) is 0 Å². The van der Waals surface area contributed by atoms with Gasteiger partial charge in [-0.2, -0.15) is 0 Å². The van der Waals surface area contributed by atoms with Crippen LogP contribution in [0.3, 0.4) is 0 Å². The minimum Gasteiger partial charge on any atom is -0.390 e. The van der Waals surface area contributed by atoms with Crippen molar-refractivity contribution in [2.75, 3.05) is 27.2 Å². The zero-order valence-electron chi connectivity index (χ0n) is 7.22. The molecule has 0 spiro atoms. The first-order valence-electron chi connectivity index (χ1n) is 3.80. The van der Waals surface area contributed by atoms with Crippen LogP contribution >= 0.6 is 0 Å². The van der Waals surface area contributed by atoms with Gasteiger partial charge in [0.05, 0.1) is 0 Å². The van der Waals surface area contributed by atoms with Crippen LogP contribution in [0, 0.1) is 0 Å². The Morgan fingerprint density at radius 2 is 2.10 bits per heavy atom. The lowest BCUT2D eigenvalue weighted by molar-refractivity contribution is 0.410. The van der Waals surface area contributed by atoms with Gasteiger partial charge in [-0.25, -0.2) is 0 Å². The van der Waals surface area contributed by atoms with Crippen LogP contribution in [0.1, 0.15) is 13.3 Å². The molecule has 1 N–H and O–H groups in total. The number of nitrogens with zero attached hydrogens (tertiary/aromatic N) is 1. The molecular weight excluding hydrogens is 124 g/mol. The van der Waals surface area contributed by atoms with Crippen LogP contribution in [0.4, 0.5) is 0 Å². The molecule has 0 aromatic heterocycles. The zero-order valence-corrected chi connectivity index (χ0v) is 7.22. The summed E-state index contributed by atoms with van der Waals surface area (Å²) in [7, 11) is 4.15. The van der Waals surface area contributed by atoms with Crippen LogP contribution in [-0.2, 0) is 0 Å². The molecule has 0 rings (SSSR count). The molecule has 0 bridgehead atoms. The van der Waals surface area contributed by atoms with Gasteiger partial charge in [0.15, 0.2) is 0 Å². The fraction of sp³-hybridized carbons (Fsp3) is 0.750. The van der Waals surface area contributed by atoms with Crippen LogP contribution in [0.5, 0.6) is 0 Å². The second-order valence-electron chi connectivity index (χ2n) is 2.57. The molecule has 0 aromatic carbocycles. The number of hydrogen-bond acceptors (Lipinski definition) is 2. The Bertz CT molecular complexity index is 87.3. The third kappa shape index (κ3) is 7.50. The van der Waals surface area contributed by atoms with Gasteiger partial charge in [0.1, 0.15) is 0 Å². The van der Waals surface area contributed by atoms with E-state index in [0.29, 0.717) is 0 Å². The second-order valence-corrected chi connectivity index (χ2v) is 2.57. The van der Waals surface area contributed by atoms with E-state index >= 15 is 0 Å². The average molecular weight is 142 g/mol. The Morgan fingerprint density at radius 3 is 2.60 bits per heavy atom. The fourth-order valence-corrected chi connectivity index (χ4v) is 0.573. The zero-order chi connectivity index (χ0) is 7.82. The van der Waals surface area contributed by atoms with Crippen LogP contribution in [0.25, 0.3) is 0 Å². The van der Waals surface area contributed by atoms with Crippen molar-refractivity contribution in [3.8, 4) is 0 Å². The minimum absolute atomic E-state index is 1.03. The van der Waals surface area contributed by atoms with E-state index in [-0.39, 0.29) is 0 Å². The lowest BCUT2D eigenvalue weighted by Gasteiger charge is -2.08. The molecule has 0 aromatic rings. The Balaban J connectivity index is 2.97. The Morgan fingerprint density at radius 1 is 1.40 bits per heavy atom. The molecular formula is C8H18N2. The van der Waals surface area contributed by atoms with Gasteiger partial charge < -0.3 is 10.2 Å². The number of likely N-dealkylation sites (N-methyl/N-ethyl adjacent to an activating group) is 1. The highest BCUT2D eigenvalue weighted by Gasteiger charge is 1.84. The van der Waals surface area contributed by atoms with Crippen molar-refractivity contribution in [3.05, 3.63) is 12.3 Å². The molecule has 2 nitrogen and oxygen atoms in total. The molecule has 10 heavy (non-hydrogen) atoms. The summed E-state index contributed by atoms with van der Waals surface area (Å²) in [6.07, 6.45) is 5.24. The van der Waals surface area contributed by atoms with Gasteiger partial charge in [0.25, 0.3) is 0 Å². The average Bonchev–Trinajstić information content (AvgIpc) is 1.87. The standard InChI is InChI=1S/C8H18N2/c1-4-5-6-9-7-8-10(2)3/h5-6,9H,4,7-8H2,1-3H3/b6-5-. The van der Waals surface area contributed by atoms with Gasteiger partial charge in [-0.3, -0.25) is 0 Å². The summed E-state index contributed by atoms with van der Waals surface area (Å²) in [5.74, 6) is 0. The topological polar surface area (TPSA) is 15.3 Å². The van der Waals surface area contributed by atoms with Crippen molar-refractivity contribution >= 4 is 0 Å². The van der Waals surface area contributed by atoms with Crippen LogP contribution < -0.4 is 5.32 Å². The number of rotatable bonds is 5. The van der Waals surface area contributed by atoms with Gasteiger partial charge >= 0.3 is 0 Å². The molecule has 0 aliphatic carbocycles. The van der Waals surface area contributed by atoms with E-state index < -0.39 is 0 Å². The molecule has 0 unspecified atom stereocenters. The summed E-state index contributed by atoms with van der Waals surface area (Å²) in [5.41, 5.74) is 0. The van der Waals surface area contributed by atoms with E-state index in [1.165, 1.54) is 0 Å². The molecule has 0 aliphatic heterocycles. The number of allylic oxidation sites excluding steroid dienone is 1. The summed E-state index contributed by atoms with van der Waals surface area (Å²) in [5, 5.41) is 3.20. The van der Waals surface area contributed by atoms with Crippen molar-refractivity contribution < 1.29 is 0 Å². The maximum Gasteiger partial charge on any atom is 0.0268 e. The summed E-state index contributed by atoms with van der Waals surface area (Å²) >= 11 is 0. The van der Waals surface area contributed by atoms with Crippen LogP contribution in [0.15, 0.2) is 12.3 Å². The fourth-order valence-electron chi connectivity index (χ4n) is 0.573. The van der Waals surface area contributed by atoms with E-state index in [1.54, 1.807) is 0 Å². The van der Waals surface area contributed by atoms with Crippen molar-refractivity contribution in [2.45, 2.75) is 13.3 Å². The third-order valence-corrected chi connectivity index (χ3v) is 1.17. The molecule has 0 atom stereocenters. The highest BCUT2D eigenvalue weighted by molar-refractivity contribution is 4.77. The second kappa shape index (κ2) is 6.62. The molecule has 0 amide bonds. The third-order valence-electron chi connectivity index (χ3n) is 1.17. The van der Waals surface area contributed by atoms with Crippen LogP contribution in [0.2, 0.25) is 0 Å². The van der Waals surface area contributed by atoms with Gasteiger partial charge in [-0.15, -0.1) is 0 Å². The quantitative estimate of drug-likeness (QED) is 0.577. The predicted molar refractivity (Wildman–Crippen MR) is 46.0 cm³/mol. The number of hydrogen-bond donors (Lipinski definition) is 1. The highest BCUT2D eigenvalue weighted by atomic mass is 15.1. The van der Waals surface area contributed by atoms with Gasteiger partial charge in [-0.1, -0.05) is 13.0 Å². The molecule has 0 aliphatic rings. The monoisotopic (exact) mass is 142 g/mol. The highest BCUT2D eigenvalue weighted by Crippen LogP contribution is 1.75.